The lowest BCUT2D eigenvalue weighted by molar-refractivity contribution is -0.122. The van der Waals surface area contributed by atoms with Crippen LogP contribution in [0.15, 0.2) is 102 Å². The van der Waals surface area contributed by atoms with Gasteiger partial charge in [-0.25, -0.2) is 13.3 Å². The summed E-state index contributed by atoms with van der Waals surface area (Å²) in [7, 11) is -4.16. The first-order valence-electron chi connectivity index (χ1n) is 11.8. The van der Waals surface area contributed by atoms with E-state index in [1.807, 2.05) is 73.7 Å². The quantitative estimate of drug-likeness (QED) is 0.341. The van der Waals surface area contributed by atoms with Crippen LogP contribution in [0.2, 0.25) is 0 Å². The highest BCUT2D eigenvalue weighted by Crippen LogP contribution is 2.36. The van der Waals surface area contributed by atoms with E-state index in [9.17, 15) is 18.0 Å². The first-order chi connectivity index (χ1) is 17.3. The fraction of sp³-hybridized carbons (Fsp3) is 0.172. The lowest BCUT2D eigenvalue weighted by Crippen LogP contribution is -2.46. The summed E-state index contributed by atoms with van der Waals surface area (Å²) < 4.78 is 29.5. The summed E-state index contributed by atoms with van der Waals surface area (Å²) in [5, 5.41) is 1.69. The second-order valence-corrected chi connectivity index (χ2v) is 10.9. The molecule has 0 aliphatic carbocycles. The second-order valence-electron chi connectivity index (χ2n) is 9.05. The van der Waals surface area contributed by atoms with Gasteiger partial charge in [0.1, 0.15) is 6.04 Å². The van der Waals surface area contributed by atoms with Crippen LogP contribution in [0.25, 0.3) is 10.8 Å². The minimum absolute atomic E-state index is 0.0815. The number of sulfonamides is 1. The molecule has 6 nitrogen and oxygen atoms in total. The zero-order valence-electron chi connectivity index (χ0n) is 20.0. The molecule has 1 aliphatic heterocycles. The van der Waals surface area contributed by atoms with E-state index in [2.05, 4.69) is 0 Å². The van der Waals surface area contributed by atoms with Crippen LogP contribution in [0.5, 0.6) is 0 Å². The van der Waals surface area contributed by atoms with Crippen molar-refractivity contribution in [2.45, 2.75) is 37.2 Å². The van der Waals surface area contributed by atoms with Crippen LogP contribution in [-0.4, -0.2) is 30.6 Å². The van der Waals surface area contributed by atoms with Gasteiger partial charge in [0, 0.05) is 6.04 Å². The van der Waals surface area contributed by atoms with Crippen molar-refractivity contribution in [1.82, 2.24) is 4.31 Å². The molecule has 2 atom stereocenters. The molecule has 36 heavy (non-hydrogen) atoms. The van der Waals surface area contributed by atoms with Gasteiger partial charge in [0.25, 0.3) is 5.91 Å². The Morgan fingerprint density at radius 2 is 1.47 bits per heavy atom. The van der Waals surface area contributed by atoms with E-state index in [4.69, 9.17) is 0 Å². The smallest absolute Gasteiger partial charge is 0.252 e. The predicted octanol–water partition coefficient (Wildman–Crippen LogP) is 5.23. The standard InChI is InChI=1S/C29H26N2O4S/c1-20-12-15-25(16-13-20)30-28(32)19-27(29(30)33)31(21(2)22-8-4-3-5-9-22)36(34,35)26-17-14-23-10-6-7-11-24(23)18-26/h3-18,21,27H,19H2,1-2H3. The number of benzene rings is 4. The van der Waals surface area contributed by atoms with E-state index in [0.717, 1.165) is 26.8 Å². The van der Waals surface area contributed by atoms with Crippen molar-refractivity contribution < 1.29 is 18.0 Å². The predicted molar refractivity (Wildman–Crippen MR) is 140 cm³/mol. The molecule has 0 bridgehead atoms. The first-order valence-corrected chi connectivity index (χ1v) is 13.2. The van der Waals surface area contributed by atoms with Crippen molar-refractivity contribution in [1.29, 1.82) is 0 Å². The number of carbonyl (C=O) groups is 2. The molecule has 2 unspecified atom stereocenters. The van der Waals surface area contributed by atoms with Gasteiger partial charge in [-0.15, -0.1) is 0 Å². The summed E-state index contributed by atoms with van der Waals surface area (Å²) in [6.45, 7) is 3.67. The number of fused-ring (bicyclic) bond motifs is 1. The van der Waals surface area contributed by atoms with Gasteiger partial charge in [-0.1, -0.05) is 78.4 Å². The number of carbonyl (C=O) groups excluding carboxylic acids is 2. The Hall–Kier alpha value is -3.81. The van der Waals surface area contributed by atoms with Gasteiger partial charge in [-0.05, 0) is 54.4 Å². The van der Waals surface area contributed by atoms with E-state index < -0.39 is 33.9 Å². The number of aryl methyl sites for hydroxylation is 1. The fourth-order valence-corrected chi connectivity index (χ4v) is 6.55. The zero-order chi connectivity index (χ0) is 25.4. The molecule has 1 saturated heterocycles. The summed E-state index contributed by atoms with van der Waals surface area (Å²) in [6, 6.07) is 26.8. The van der Waals surface area contributed by atoms with Crippen LogP contribution in [0.1, 0.15) is 30.5 Å². The first kappa shape index (κ1) is 23.9. The number of nitrogens with zero attached hydrogens (tertiary/aromatic N) is 2. The van der Waals surface area contributed by atoms with Crippen molar-refractivity contribution in [3.8, 4) is 0 Å². The fourth-order valence-electron chi connectivity index (χ4n) is 4.75. The highest BCUT2D eigenvalue weighted by Gasteiger charge is 2.48. The molecule has 1 heterocycles. The van der Waals surface area contributed by atoms with Crippen LogP contribution < -0.4 is 4.90 Å². The molecule has 5 rings (SSSR count). The molecule has 0 aromatic heterocycles. The maximum absolute atomic E-state index is 14.2. The molecule has 4 aromatic carbocycles. The molecule has 0 radical (unpaired) electrons. The monoisotopic (exact) mass is 498 g/mol. The van der Waals surface area contributed by atoms with E-state index in [0.29, 0.717) is 5.69 Å². The molecule has 0 N–H and O–H groups in total. The second kappa shape index (κ2) is 9.33. The number of rotatable bonds is 6. The van der Waals surface area contributed by atoms with E-state index in [-0.39, 0.29) is 11.3 Å². The highest BCUT2D eigenvalue weighted by atomic mass is 32.2. The lowest BCUT2D eigenvalue weighted by Gasteiger charge is -2.32. The van der Waals surface area contributed by atoms with E-state index in [1.54, 1.807) is 37.3 Å². The SMILES string of the molecule is Cc1ccc(N2C(=O)CC(N(C(C)c3ccccc3)S(=O)(=O)c3ccc4ccccc4c3)C2=O)cc1. The van der Waals surface area contributed by atoms with Crippen LogP contribution in [0.3, 0.4) is 0 Å². The Balaban J connectivity index is 1.61. The van der Waals surface area contributed by atoms with Crippen LogP contribution in [0, 0.1) is 6.92 Å². The molecule has 182 valence electrons. The van der Waals surface area contributed by atoms with Gasteiger partial charge in [0.15, 0.2) is 0 Å². The van der Waals surface area contributed by atoms with Crippen LogP contribution >= 0.6 is 0 Å². The lowest BCUT2D eigenvalue weighted by atomic mass is 10.1. The van der Waals surface area contributed by atoms with Gasteiger partial charge >= 0.3 is 0 Å². The maximum atomic E-state index is 14.2. The molecule has 2 amide bonds. The topological polar surface area (TPSA) is 74.8 Å². The summed E-state index contributed by atoms with van der Waals surface area (Å²) >= 11 is 0. The van der Waals surface area contributed by atoms with E-state index in [1.165, 1.54) is 4.31 Å². The average molecular weight is 499 g/mol. The average Bonchev–Trinajstić information content (AvgIpc) is 3.17. The van der Waals surface area contributed by atoms with Crippen molar-refractivity contribution >= 4 is 38.3 Å². The number of anilines is 1. The summed E-state index contributed by atoms with van der Waals surface area (Å²) in [5.41, 5.74) is 2.16. The summed E-state index contributed by atoms with van der Waals surface area (Å²) in [5.74, 6) is -0.969. The third-order valence-corrected chi connectivity index (χ3v) is 8.66. The number of amides is 2. The molecular formula is C29H26N2O4S. The maximum Gasteiger partial charge on any atom is 0.252 e. The Morgan fingerprint density at radius 1 is 0.833 bits per heavy atom. The van der Waals surface area contributed by atoms with Gasteiger partial charge in [-0.2, -0.15) is 4.31 Å². The van der Waals surface area contributed by atoms with Gasteiger partial charge < -0.3 is 0 Å². The Morgan fingerprint density at radius 3 is 2.17 bits per heavy atom. The Kier molecular flexibility index (Phi) is 6.20. The molecule has 0 spiro atoms. The minimum Gasteiger partial charge on any atom is -0.274 e. The van der Waals surface area contributed by atoms with Gasteiger partial charge in [0.05, 0.1) is 17.0 Å². The number of imide groups is 1. The Bertz CT molecular complexity index is 1550. The zero-order valence-corrected chi connectivity index (χ0v) is 20.9. The largest absolute Gasteiger partial charge is 0.274 e. The number of hydrogen-bond acceptors (Lipinski definition) is 4. The minimum atomic E-state index is -4.16. The summed E-state index contributed by atoms with van der Waals surface area (Å²) in [4.78, 5) is 27.9. The van der Waals surface area contributed by atoms with Crippen LogP contribution in [-0.2, 0) is 19.6 Å². The normalized spacial score (nSPS) is 17.2. The van der Waals surface area contributed by atoms with Crippen LogP contribution in [0.4, 0.5) is 5.69 Å². The van der Waals surface area contributed by atoms with Crippen molar-refractivity contribution in [3.63, 3.8) is 0 Å². The molecule has 4 aromatic rings. The van der Waals surface area contributed by atoms with Gasteiger partial charge in [-0.3, -0.25) is 9.59 Å². The molecule has 7 heteroatoms. The molecule has 0 saturated carbocycles. The van der Waals surface area contributed by atoms with Crippen molar-refractivity contribution in [2.24, 2.45) is 0 Å². The van der Waals surface area contributed by atoms with Crippen molar-refractivity contribution in [3.05, 3.63) is 108 Å². The highest BCUT2D eigenvalue weighted by molar-refractivity contribution is 7.89. The third kappa shape index (κ3) is 4.21. The molecule has 1 fully saturated rings. The van der Waals surface area contributed by atoms with Gasteiger partial charge in [0.2, 0.25) is 15.9 Å². The molecular weight excluding hydrogens is 472 g/mol. The van der Waals surface area contributed by atoms with Crippen molar-refractivity contribution in [2.75, 3.05) is 4.90 Å². The number of hydrogen-bond donors (Lipinski definition) is 0. The summed E-state index contributed by atoms with van der Waals surface area (Å²) in [6.07, 6.45) is -0.226. The molecule has 1 aliphatic rings. The third-order valence-electron chi connectivity index (χ3n) is 6.68. The van der Waals surface area contributed by atoms with E-state index >= 15 is 0 Å². The Labute approximate surface area is 210 Å².